The summed E-state index contributed by atoms with van der Waals surface area (Å²) < 4.78 is 13.3. The number of rotatable bonds is 7. The first-order valence-electron chi connectivity index (χ1n) is 9.49. The van der Waals surface area contributed by atoms with Crippen molar-refractivity contribution in [1.29, 1.82) is 0 Å². The number of hydrogen-bond donors (Lipinski definition) is 3. The lowest BCUT2D eigenvalue weighted by Gasteiger charge is -2.17. The van der Waals surface area contributed by atoms with E-state index >= 15 is 0 Å². The van der Waals surface area contributed by atoms with Crippen LogP contribution in [0.5, 0.6) is 0 Å². The predicted octanol–water partition coefficient (Wildman–Crippen LogP) is 4.11. The minimum Gasteiger partial charge on any atom is -0.480 e. The minimum absolute atomic E-state index is 0.110. The molecule has 6 heteroatoms. The summed E-state index contributed by atoms with van der Waals surface area (Å²) in [7, 11) is 0. The number of benzene rings is 1. The van der Waals surface area contributed by atoms with Crippen molar-refractivity contribution in [2.24, 2.45) is 5.92 Å². The molecule has 1 aliphatic rings. The average Bonchev–Trinajstić information content (AvgIpc) is 3.18. The third kappa shape index (κ3) is 4.50. The number of amides is 1. The molecule has 0 saturated heterocycles. The van der Waals surface area contributed by atoms with Gasteiger partial charge in [-0.05, 0) is 67.8 Å². The number of carbonyl (C=O) groups excluding carboxylic acids is 1. The number of nitrogens with one attached hydrogen (secondary N) is 2. The number of allylic oxidation sites excluding steroid dienone is 4. The largest absolute Gasteiger partial charge is 0.480 e. The molecule has 3 N–H and O–H groups in total. The lowest BCUT2D eigenvalue weighted by Crippen LogP contribution is -2.42. The molecular weight excluding hydrogens is 359 g/mol. The van der Waals surface area contributed by atoms with Gasteiger partial charge in [-0.2, -0.15) is 0 Å². The van der Waals surface area contributed by atoms with Gasteiger partial charge in [0.05, 0.1) is 0 Å². The number of aliphatic carboxylic acids is 1. The van der Waals surface area contributed by atoms with Gasteiger partial charge in [0.25, 0.3) is 0 Å². The molecular formula is C22H25FN2O3. The number of aromatic nitrogens is 1. The van der Waals surface area contributed by atoms with Gasteiger partial charge in [-0.1, -0.05) is 17.7 Å². The Morgan fingerprint density at radius 1 is 1.39 bits per heavy atom. The third-order valence-corrected chi connectivity index (χ3v) is 5.28. The molecule has 1 amide bonds. The van der Waals surface area contributed by atoms with Crippen LogP contribution in [0.3, 0.4) is 0 Å². The van der Waals surface area contributed by atoms with E-state index in [0.29, 0.717) is 11.2 Å². The number of halogens is 1. The normalized spacial score (nSPS) is 18.2. The molecule has 0 spiro atoms. The Morgan fingerprint density at radius 2 is 2.18 bits per heavy atom. The number of carboxylic acid groups (broad SMARTS) is 1. The molecule has 1 heterocycles. The second kappa shape index (κ2) is 8.42. The summed E-state index contributed by atoms with van der Waals surface area (Å²) in [6, 6.07) is 5.10. The predicted molar refractivity (Wildman–Crippen MR) is 106 cm³/mol. The monoisotopic (exact) mass is 384 g/mol. The first-order chi connectivity index (χ1) is 13.4. The van der Waals surface area contributed by atoms with Gasteiger partial charge in [0.2, 0.25) is 5.91 Å². The summed E-state index contributed by atoms with van der Waals surface area (Å²) in [4.78, 5) is 27.2. The molecule has 148 valence electrons. The number of fused-ring (bicyclic) bond motifs is 1. The summed E-state index contributed by atoms with van der Waals surface area (Å²) in [6.07, 6.45) is 6.26. The van der Waals surface area contributed by atoms with Crippen LogP contribution in [0.2, 0.25) is 0 Å². The molecule has 2 unspecified atom stereocenters. The Hall–Kier alpha value is -2.89. The highest BCUT2D eigenvalue weighted by atomic mass is 19.1. The highest BCUT2D eigenvalue weighted by Gasteiger charge is 2.27. The van der Waals surface area contributed by atoms with E-state index in [0.717, 1.165) is 18.2 Å². The molecule has 0 saturated carbocycles. The topological polar surface area (TPSA) is 82.2 Å². The second-order valence-corrected chi connectivity index (χ2v) is 7.36. The molecule has 0 fully saturated rings. The van der Waals surface area contributed by atoms with E-state index in [1.807, 2.05) is 19.1 Å². The van der Waals surface area contributed by atoms with Gasteiger partial charge in [0.15, 0.2) is 0 Å². The zero-order valence-corrected chi connectivity index (χ0v) is 16.1. The molecule has 2 aromatic rings. The number of carboxylic acids is 1. The van der Waals surface area contributed by atoms with Crippen LogP contribution in [-0.2, 0) is 16.0 Å². The smallest absolute Gasteiger partial charge is 0.326 e. The fourth-order valence-corrected chi connectivity index (χ4v) is 3.88. The quantitative estimate of drug-likeness (QED) is 0.672. The molecule has 0 bridgehead atoms. The second-order valence-electron chi connectivity index (χ2n) is 7.36. The lowest BCUT2D eigenvalue weighted by molar-refractivity contribution is -0.141. The molecule has 0 radical (unpaired) electrons. The fraction of sp³-hybridized carbons (Fsp3) is 0.364. The van der Waals surface area contributed by atoms with Crippen LogP contribution in [0.1, 0.15) is 38.8 Å². The molecule has 1 aliphatic carbocycles. The minimum atomic E-state index is -1.09. The van der Waals surface area contributed by atoms with E-state index in [9.17, 15) is 19.1 Å². The lowest BCUT2D eigenvalue weighted by atomic mass is 9.96. The SMILES string of the molecule is C/C=C\C1=C(C)CCC1CC(=O)NC(Cc1cc2ccc(F)cc2[nH]1)C(=O)O. The highest BCUT2D eigenvalue weighted by molar-refractivity contribution is 5.85. The van der Waals surface area contributed by atoms with Crippen LogP contribution in [0.4, 0.5) is 4.39 Å². The summed E-state index contributed by atoms with van der Waals surface area (Å²) in [5, 5.41) is 13.0. The molecule has 28 heavy (non-hydrogen) atoms. The Balaban J connectivity index is 1.67. The Kier molecular flexibility index (Phi) is 5.97. The Labute approximate surface area is 163 Å². The summed E-state index contributed by atoms with van der Waals surface area (Å²) >= 11 is 0. The van der Waals surface area contributed by atoms with Crippen molar-refractivity contribution in [3.05, 3.63) is 59.1 Å². The van der Waals surface area contributed by atoms with Crippen molar-refractivity contribution < 1.29 is 19.1 Å². The molecule has 1 aromatic heterocycles. The molecule has 1 aromatic carbocycles. The van der Waals surface area contributed by atoms with E-state index in [1.54, 1.807) is 12.1 Å². The Bertz CT molecular complexity index is 958. The van der Waals surface area contributed by atoms with E-state index in [4.69, 9.17) is 0 Å². The summed E-state index contributed by atoms with van der Waals surface area (Å²) in [5.41, 5.74) is 3.71. The number of carbonyl (C=O) groups is 2. The zero-order chi connectivity index (χ0) is 20.3. The van der Waals surface area contributed by atoms with E-state index in [-0.39, 0.29) is 30.5 Å². The van der Waals surface area contributed by atoms with Gasteiger partial charge in [0.1, 0.15) is 11.9 Å². The maximum absolute atomic E-state index is 13.3. The van der Waals surface area contributed by atoms with Crippen LogP contribution in [-0.4, -0.2) is 28.0 Å². The third-order valence-electron chi connectivity index (χ3n) is 5.28. The fourth-order valence-electron chi connectivity index (χ4n) is 3.88. The van der Waals surface area contributed by atoms with Crippen LogP contribution < -0.4 is 5.32 Å². The maximum atomic E-state index is 13.3. The van der Waals surface area contributed by atoms with Gasteiger partial charge >= 0.3 is 5.97 Å². The van der Waals surface area contributed by atoms with E-state index in [2.05, 4.69) is 17.2 Å². The van der Waals surface area contributed by atoms with Crippen LogP contribution >= 0.6 is 0 Å². The van der Waals surface area contributed by atoms with Crippen molar-refractivity contribution in [3.8, 4) is 0 Å². The van der Waals surface area contributed by atoms with Crippen LogP contribution in [0, 0.1) is 11.7 Å². The van der Waals surface area contributed by atoms with E-state index in [1.165, 1.54) is 23.3 Å². The standard InChI is InChI=1S/C22H25FN2O3/c1-3-4-18-13(2)5-6-14(18)10-21(26)25-20(22(27)28)12-17-9-15-7-8-16(23)11-19(15)24-17/h3-4,7-9,11,14,20,24H,5-6,10,12H2,1-2H3,(H,25,26)(H,27,28)/b4-3-. The number of H-pyrrole nitrogens is 1. The van der Waals surface area contributed by atoms with E-state index < -0.39 is 12.0 Å². The summed E-state index contributed by atoms with van der Waals surface area (Å²) in [5.74, 6) is -1.59. The van der Waals surface area contributed by atoms with Crippen molar-refractivity contribution in [2.75, 3.05) is 0 Å². The van der Waals surface area contributed by atoms with Gasteiger partial charge in [0, 0.05) is 24.1 Å². The van der Waals surface area contributed by atoms with Gasteiger partial charge < -0.3 is 15.4 Å². The van der Waals surface area contributed by atoms with Gasteiger partial charge in [-0.15, -0.1) is 0 Å². The molecule has 3 rings (SSSR count). The summed E-state index contributed by atoms with van der Waals surface area (Å²) in [6.45, 7) is 4.02. The Morgan fingerprint density at radius 3 is 2.89 bits per heavy atom. The molecule has 0 aliphatic heterocycles. The maximum Gasteiger partial charge on any atom is 0.326 e. The first-order valence-corrected chi connectivity index (χ1v) is 9.49. The number of hydrogen-bond acceptors (Lipinski definition) is 2. The highest BCUT2D eigenvalue weighted by Crippen LogP contribution is 2.34. The zero-order valence-electron chi connectivity index (χ0n) is 16.1. The van der Waals surface area contributed by atoms with Crippen LogP contribution in [0.25, 0.3) is 10.9 Å². The van der Waals surface area contributed by atoms with Crippen molar-refractivity contribution in [2.45, 2.75) is 45.6 Å². The van der Waals surface area contributed by atoms with Crippen molar-refractivity contribution >= 4 is 22.8 Å². The van der Waals surface area contributed by atoms with Crippen molar-refractivity contribution in [3.63, 3.8) is 0 Å². The molecule has 2 atom stereocenters. The average molecular weight is 384 g/mol. The first kappa shape index (κ1) is 19.9. The van der Waals surface area contributed by atoms with Crippen LogP contribution in [0.15, 0.2) is 47.6 Å². The van der Waals surface area contributed by atoms with Crippen molar-refractivity contribution in [1.82, 2.24) is 10.3 Å². The number of aromatic amines is 1. The molecule has 5 nitrogen and oxygen atoms in total. The van der Waals surface area contributed by atoms with Gasteiger partial charge in [-0.3, -0.25) is 4.79 Å². The van der Waals surface area contributed by atoms with Gasteiger partial charge in [-0.25, -0.2) is 9.18 Å².